The Bertz CT molecular complexity index is 848. The highest BCUT2D eigenvalue weighted by atomic mass is 32.1. The molecule has 0 fully saturated rings. The van der Waals surface area contributed by atoms with E-state index in [9.17, 15) is 18.8 Å². The average molecular weight is 378 g/mol. The fourth-order valence-electron chi connectivity index (χ4n) is 2.29. The first-order chi connectivity index (χ1) is 12.4. The number of hydrogen-bond donors (Lipinski definition) is 2. The number of benzene rings is 1. The van der Waals surface area contributed by atoms with Crippen molar-refractivity contribution in [3.8, 4) is 0 Å². The summed E-state index contributed by atoms with van der Waals surface area (Å²) in [5, 5.41) is 5.50. The fourth-order valence-corrected chi connectivity index (χ4v) is 3.40. The normalized spacial score (nSPS) is 10.3. The van der Waals surface area contributed by atoms with E-state index in [0.29, 0.717) is 17.0 Å². The first kappa shape index (κ1) is 19.6. The molecule has 26 heavy (non-hydrogen) atoms. The van der Waals surface area contributed by atoms with Gasteiger partial charge < -0.3 is 15.4 Å². The molecule has 1 heterocycles. The molecule has 2 rings (SSSR count). The third-order valence-corrected chi connectivity index (χ3v) is 4.80. The molecule has 0 radical (unpaired) electrons. The molecule has 0 saturated carbocycles. The lowest BCUT2D eigenvalue weighted by molar-refractivity contribution is 0.0601. The third kappa shape index (κ3) is 4.26. The number of ether oxygens (including phenoxy) is 1. The monoisotopic (exact) mass is 378 g/mol. The van der Waals surface area contributed by atoms with Crippen LogP contribution in [0.15, 0.2) is 24.3 Å². The molecule has 0 spiro atoms. The zero-order valence-corrected chi connectivity index (χ0v) is 15.5. The standard InChI is InChI=1S/C18H19FN2O4S/c1-4-8-20-16(23)14-10(2)13(18(24)25-3)17(26-14)21-15(22)11-6-5-7-12(19)9-11/h5-7,9H,4,8H2,1-3H3,(H,20,23)(H,21,22). The molecular formula is C18H19FN2O4S. The second-order valence-electron chi connectivity index (χ2n) is 5.47. The van der Waals surface area contributed by atoms with Gasteiger partial charge in [-0.1, -0.05) is 13.0 Å². The fraction of sp³-hybridized carbons (Fsp3) is 0.278. The molecule has 1 aromatic heterocycles. The number of rotatable bonds is 6. The van der Waals surface area contributed by atoms with Crippen LogP contribution in [0.25, 0.3) is 0 Å². The van der Waals surface area contributed by atoms with Gasteiger partial charge in [0.1, 0.15) is 10.8 Å². The Kier molecular flexibility index (Phi) is 6.46. The van der Waals surface area contributed by atoms with Crippen molar-refractivity contribution in [1.82, 2.24) is 5.32 Å². The SMILES string of the molecule is CCCNC(=O)c1sc(NC(=O)c2cccc(F)c2)c(C(=O)OC)c1C. The Balaban J connectivity index is 2.38. The molecule has 0 saturated heterocycles. The summed E-state index contributed by atoms with van der Waals surface area (Å²) in [4.78, 5) is 37.1. The van der Waals surface area contributed by atoms with Crippen LogP contribution in [0, 0.1) is 12.7 Å². The molecule has 8 heteroatoms. The van der Waals surface area contributed by atoms with Crippen molar-refractivity contribution >= 4 is 34.1 Å². The molecule has 2 amide bonds. The molecule has 0 atom stereocenters. The number of esters is 1. The van der Waals surface area contributed by atoms with Crippen molar-refractivity contribution in [3.05, 3.63) is 51.7 Å². The number of carbonyl (C=O) groups excluding carboxylic acids is 3. The molecule has 2 aromatic rings. The quantitative estimate of drug-likeness (QED) is 0.755. The Morgan fingerprint density at radius 1 is 1.23 bits per heavy atom. The van der Waals surface area contributed by atoms with Crippen molar-refractivity contribution in [1.29, 1.82) is 0 Å². The lowest BCUT2D eigenvalue weighted by Gasteiger charge is -2.06. The van der Waals surface area contributed by atoms with E-state index in [2.05, 4.69) is 10.6 Å². The molecule has 0 bridgehead atoms. The number of thiophene rings is 1. The van der Waals surface area contributed by atoms with Crippen LogP contribution in [0.5, 0.6) is 0 Å². The van der Waals surface area contributed by atoms with Gasteiger partial charge in [-0.15, -0.1) is 11.3 Å². The predicted octanol–water partition coefficient (Wildman–Crippen LogP) is 3.37. The Morgan fingerprint density at radius 2 is 1.96 bits per heavy atom. The molecule has 1 aromatic carbocycles. The van der Waals surface area contributed by atoms with Crippen molar-refractivity contribution < 1.29 is 23.5 Å². The van der Waals surface area contributed by atoms with Gasteiger partial charge in [-0.2, -0.15) is 0 Å². The molecular weight excluding hydrogens is 359 g/mol. The molecule has 2 N–H and O–H groups in total. The maximum atomic E-state index is 13.3. The van der Waals surface area contributed by atoms with Crippen molar-refractivity contribution in [2.75, 3.05) is 19.0 Å². The topological polar surface area (TPSA) is 84.5 Å². The van der Waals surface area contributed by atoms with Crippen molar-refractivity contribution in [2.24, 2.45) is 0 Å². The predicted molar refractivity (Wildman–Crippen MR) is 97.4 cm³/mol. The Morgan fingerprint density at radius 3 is 2.58 bits per heavy atom. The van der Waals surface area contributed by atoms with Gasteiger partial charge in [0.25, 0.3) is 11.8 Å². The maximum Gasteiger partial charge on any atom is 0.341 e. The lowest BCUT2D eigenvalue weighted by atomic mass is 10.1. The zero-order chi connectivity index (χ0) is 19.3. The van der Waals surface area contributed by atoms with Crippen LogP contribution in [0.2, 0.25) is 0 Å². The number of anilines is 1. The summed E-state index contributed by atoms with van der Waals surface area (Å²) in [7, 11) is 1.22. The third-order valence-electron chi connectivity index (χ3n) is 3.59. The van der Waals surface area contributed by atoms with Gasteiger partial charge in [-0.25, -0.2) is 9.18 Å². The van der Waals surface area contributed by atoms with Crippen LogP contribution in [-0.4, -0.2) is 31.4 Å². The van der Waals surface area contributed by atoms with Gasteiger partial charge >= 0.3 is 5.97 Å². The number of halogens is 1. The van der Waals surface area contributed by atoms with Crippen LogP contribution < -0.4 is 10.6 Å². The highest BCUT2D eigenvalue weighted by Gasteiger charge is 2.26. The first-order valence-electron chi connectivity index (χ1n) is 7.95. The summed E-state index contributed by atoms with van der Waals surface area (Å²) < 4.78 is 18.1. The van der Waals surface area contributed by atoms with Crippen LogP contribution >= 0.6 is 11.3 Å². The van der Waals surface area contributed by atoms with Gasteiger partial charge in [0.05, 0.1) is 17.6 Å². The summed E-state index contributed by atoms with van der Waals surface area (Å²) in [6, 6.07) is 5.17. The number of amides is 2. The number of methoxy groups -OCH3 is 1. The molecule has 0 unspecified atom stereocenters. The summed E-state index contributed by atoms with van der Waals surface area (Å²) in [6.07, 6.45) is 0.767. The highest BCUT2D eigenvalue weighted by Crippen LogP contribution is 2.34. The minimum Gasteiger partial charge on any atom is -0.465 e. The van der Waals surface area contributed by atoms with Gasteiger partial charge in [-0.3, -0.25) is 9.59 Å². The molecule has 138 valence electrons. The van der Waals surface area contributed by atoms with Crippen LogP contribution in [-0.2, 0) is 4.74 Å². The van der Waals surface area contributed by atoms with E-state index in [1.807, 2.05) is 6.92 Å². The largest absolute Gasteiger partial charge is 0.465 e. The minimum atomic E-state index is -0.664. The van der Waals surface area contributed by atoms with E-state index < -0.39 is 17.7 Å². The molecule has 0 aliphatic rings. The van der Waals surface area contributed by atoms with Gasteiger partial charge in [0, 0.05) is 12.1 Å². The first-order valence-corrected chi connectivity index (χ1v) is 8.77. The number of nitrogens with one attached hydrogen (secondary N) is 2. The lowest BCUT2D eigenvalue weighted by Crippen LogP contribution is -2.23. The average Bonchev–Trinajstić information content (AvgIpc) is 2.95. The van der Waals surface area contributed by atoms with Gasteiger partial charge in [0.2, 0.25) is 0 Å². The second kappa shape index (κ2) is 8.57. The highest BCUT2D eigenvalue weighted by molar-refractivity contribution is 7.18. The summed E-state index contributed by atoms with van der Waals surface area (Å²) in [6.45, 7) is 4.03. The van der Waals surface area contributed by atoms with Crippen LogP contribution in [0.1, 0.15) is 49.3 Å². The summed E-state index contributed by atoms with van der Waals surface area (Å²) in [5.74, 6) is -2.13. The van der Waals surface area contributed by atoms with E-state index in [1.165, 1.54) is 25.3 Å². The van der Waals surface area contributed by atoms with E-state index in [-0.39, 0.29) is 22.0 Å². The second-order valence-corrected chi connectivity index (χ2v) is 6.49. The number of carbonyl (C=O) groups is 3. The molecule has 0 aliphatic carbocycles. The van der Waals surface area contributed by atoms with Gasteiger partial charge in [-0.05, 0) is 37.1 Å². The van der Waals surface area contributed by atoms with Crippen LogP contribution in [0.3, 0.4) is 0 Å². The molecule has 6 nitrogen and oxygen atoms in total. The van der Waals surface area contributed by atoms with E-state index in [4.69, 9.17) is 4.74 Å². The Hall–Kier alpha value is -2.74. The Labute approximate surface area is 154 Å². The summed E-state index contributed by atoms with van der Waals surface area (Å²) in [5.41, 5.74) is 0.637. The van der Waals surface area contributed by atoms with E-state index in [1.54, 1.807) is 6.92 Å². The van der Waals surface area contributed by atoms with E-state index in [0.717, 1.165) is 23.8 Å². The van der Waals surface area contributed by atoms with Crippen molar-refractivity contribution in [3.63, 3.8) is 0 Å². The van der Waals surface area contributed by atoms with E-state index >= 15 is 0 Å². The zero-order valence-electron chi connectivity index (χ0n) is 14.6. The minimum absolute atomic E-state index is 0.101. The smallest absolute Gasteiger partial charge is 0.341 e. The summed E-state index contributed by atoms with van der Waals surface area (Å²) >= 11 is 0.977. The van der Waals surface area contributed by atoms with Crippen LogP contribution in [0.4, 0.5) is 9.39 Å². The van der Waals surface area contributed by atoms with Gasteiger partial charge in [0.15, 0.2) is 0 Å². The molecule has 0 aliphatic heterocycles. The number of hydrogen-bond acceptors (Lipinski definition) is 5. The van der Waals surface area contributed by atoms with Crippen molar-refractivity contribution in [2.45, 2.75) is 20.3 Å². The maximum absolute atomic E-state index is 13.3.